The molecule has 0 radical (unpaired) electrons. The number of hydrogen-bond acceptors (Lipinski definition) is 0. The molecule has 0 bridgehead atoms. The van der Waals surface area contributed by atoms with E-state index in [0.717, 1.165) is 0 Å². The second-order valence-electron chi connectivity index (χ2n) is 11.9. The molecule has 0 saturated heterocycles. The highest BCUT2D eigenvalue weighted by atomic mass is 30.2. The van der Waals surface area contributed by atoms with Crippen molar-refractivity contribution in [2.75, 3.05) is 0 Å². The van der Waals surface area contributed by atoms with Crippen molar-refractivity contribution in [3.05, 3.63) is 28.8 Å². The highest BCUT2D eigenvalue weighted by molar-refractivity contribution is 8.07. The summed E-state index contributed by atoms with van der Waals surface area (Å²) < 4.78 is 0. The van der Waals surface area contributed by atoms with Gasteiger partial charge in [0.05, 0.1) is 7.59 Å². The van der Waals surface area contributed by atoms with Crippen LogP contribution in [0.25, 0.3) is 0 Å². The third-order valence-electron chi connectivity index (χ3n) is 6.61. The third kappa shape index (κ3) is 3.56. The van der Waals surface area contributed by atoms with E-state index in [1.54, 1.807) is 11.1 Å². The van der Waals surface area contributed by atoms with Crippen LogP contribution in [0.15, 0.2) is 12.1 Å². The van der Waals surface area contributed by atoms with Crippen molar-refractivity contribution in [3.8, 4) is 0 Å². The zero-order chi connectivity index (χ0) is 20.2. The third-order valence-corrected chi connectivity index (χ3v) is 122. The fourth-order valence-electron chi connectivity index (χ4n) is 8.54. The molecular weight excluding hydrogens is 381 g/mol. The lowest BCUT2D eigenvalue weighted by Crippen LogP contribution is -2.95. The van der Waals surface area contributed by atoms with E-state index < -0.39 is 36.5 Å². The number of rotatable bonds is 5. The van der Waals surface area contributed by atoms with E-state index in [-0.39, 0.29) is 0 Å². The van der Waals surface area contributed by atoms with Gasteiger partial charge in [-0.15, -0.1) is 0 Å². The molecule has 5 heteroatoms. The van der Waals surface area contributed by atoms with Crippen molar-refractivity contribution < 1.29 is 0 Å². The van der Waals surface area contributed by atoms with Crippen LogP contribution in [0.5, 0.6) is 0 Å². The van der Waals surface area contributed by atoms with Gasteiger partial charge in [0, 0.05) is 28.9 Å². The first kappa shape index (κ1) is 23.3. The highest BCUT2D eigenvalue weighted by Crippen LogP contribution is 2.43. The normalized spacial score (nSPS) is 14.8. The van der Waals surface area contributed by atoms with E-state index in [0.29, 0.717) is 0 Å². The molecule has 0 saturated carbocycles. The second kappa shape index (κ2) is 6.72. The second-order valence-corrected chi connectivity index (χ2v) is 65.9. The van der Waals surface area contributed by atoms with E-state index in [9.17, 15) is 0 Å². The van der Waals surface area contributed by atoms with Gasteiger partial charge in [0.1, 0.15) is 0 Å². The summed E-state index contributed by atoms with van der Waals surface area (Å²) in [5.74, 6) is 0. The molecule has 1 rings (SSSR count). The smallest absolute Gasteiger partial charge is 0.0679 e. The van der Waals surface area contributed by atoms with Crippen molar-refractivity contribution in [1.29, 1.82) is 0 Å². The summed E-state index contributed by atoms with van der Waals surface area (Å²) in [5, 5.41) is 1.84. The Morgan fingerprint density at radius 2 is 0.800 bits per heavy atom. The van der Waals surface area contributed by atoms with E-state index in [4.69, 9.17) is 0 Å². The van der Waals surface area contributed by atoms with Crippen molar-refractivity contribution in [2.45, 2.75) is 92.8 Å². The van der Waals surface area contributed by atoms with Crippen LogP contribution in [0.3, 0.4) is 0 Å². The first-order chi connectivity index (χ1) is 10.8. The van der Waals surface area contributed by atoms with Gasteiger partial charge in [-0.1, -0.05) is 106 Å². The van der Waals surface area contributed by atoms with Gasteiger partial charge in [-0.3, -0.25) is 0 Å². The predicted molar refractivity (Wildman–Crippen MR) is 134 cm³/mol. The monoisotopic (exact) mass is 424 g/mol. The molecular formula is C20H44Si5. The Labute approximate surface area is 163 Å². The molecule has 144 valence electrons. The molecule has 0 atom stereocenters. The summed E-state index contributed by atoms with van der Waals surface area (Å²) in [6.45, 7) is 37.5. The van der Waals surface area contributed by atoms with Crippen LogP contribution in [0, 0.1) is 20.8 Å². The maximum absolute atomic E-state index is 2.80. The molecule has 25 heavy (non-hydrogen) atoms. The van der Waals surface area contributed by atoms with Gasteiger partial charge in [-0.25, -0.2) is 0 Å². The minimum Gasteiger partial charge on any atom is -0.0720 e. The van der Waals surface area contributed by atoms with E-state index in [1.807, 2.05) is 5.19 Å². The summed E-state index contributed by atoms with van der Waals surface area (Å²) in [4.78, 5) is 0. The van der Waals surface area contributed by atoms with Crippen LogP contribution in [0.4, 0.5) is 0 Å². The van der Waals surface area contributed by atoms with Gasteiger partial charge in [0.2, 0.25) is 0 Å². The summed E-state index contributed by atoms with van der Waals surface area (Å²) in [6, 6.07) is 4.93. The molecule has 1 aromatic rings. The molecule has 0 unspecified atom stereocenters. The molecule has 0 fully saturated rings. The van der Waals surface area contributed by atoms with Gasteiger partial charge in [0.15, 0.2) is 0 Å². The molecule has 0 nitrogen and oxygen atoms in total. The Morgan fingerprint density at radius 3 is 1.04 bits per heavy atom. The minimum atomic E-state index is -1.55. The Morgan fingerprint density at radius 1 is 0.520 bits per heavy atom. The van der Waals surface area contributed by atoms with Crippen LogP contribution in [-0.4, -0.2) is 36.5 Å². The number of aryl methyl sites for hydroxylation is 3. The largest absolute Gasteiger partial charge is 0.0720 e. The molecule has 0 aliphatic rings. The molecule has 0 N–H and O–H groups in total. The summed E-state index contributed by atoms with van der Waals surface area (Å²) in [6.07, 6.45) is -1.39. The van der Waals surface area contributed by atoms with E-state index in [2.05, 4.69) is 105 Å². The van der Waals surface area contributed by atoms with Crippen LogP contribution in [0.1, 0.15) is 16.7 Å². The molecule has 1 aromatic carbocycles. The van der Waals surface area contributed by atoms with Crippen molar-refractivity contribution in [3.63, 3.8) is 0 Å². The fourth-order valence-corrected chi connectivity index (χ4v) is 178. The van der Waals surface area contributed by atoms with Gasteiger partial charge >= 0.3 is 0 Å². The Kier molecular flexibility index (Phi) is 6.28. The zero-order valence-electron chi connectivity index (χ0n) is 19.7. The standard InChI is InChI=1S/C20H44Si5/c1-17-15-18(2)20(19(3)16-17)24(13,14)25(21(4,5)6,22(7,8)9)23(10,11)12/h15-16H,1-14H3. The van der Waals surface area contributed by atoms with Crippen molar-refractivity contribution in [1.82, 2.24) is 0 Å². The highest BCUT2D eigenvalue weighted by Gasteiger charge is 2.69. The van der Waals surface area contributed by atoms with Crippen LogP contribution in [-0.2, 0) is 0 Å². The van der Waals surface area contributed by atoms with Crippen molar-refractivity contribution in [2.24, 2.45) is 0 Å². The number of benzene rings is 1. The molecule has 0 amide bonds. The first-order valence-electron chi connectivity index (χ1n) is 9.90. The lowest BCUT2D eigenvalue weighted by atomic mass is 10.1. The van der Waals surface area contributed by atoms with Gasteiger partial charge < -0.3 is 0 Å². The summed E-state index contributed by atoms with van der Waals surface area (Å²) in [5.41, 5.74) is 4.63. The molecule has 0 spiro atoms. The van der Waals surface area contributed by atoms with E-state index >= 15 is 0 Å². The Bertz CT molecular complexity index is 580. The average Bonchev–Trinajstić information content (AvgIpc) is 2.18. The quantitative estimate of drug-likeness (QED) is 0.486. The topological polar surface area (TPSA) is 0 Å². The van der Waals surface area contributed by atoms with Crippen LogP contribution in [0.2, 0.25) is 72.0 Å². The van der Waals surface area contributed by atoms with Crippen LogP contribution < -0.4 is 5.19 Å². The molecule has 0 heterocycles. The molecule has 0 aliphatic carbocycles. The van der Waals surface area contributed by atoms with Gasteiger partial charge in [-0.2, -0.15) is 0 Å². The summed E-state index contributed by atoms with van der Waals surface area (Å²) in [7, 11) is -5.34. The summed E-state index contributed by atoms with van der Waals surface area (Å²) >= 11 is 0. The maximum atomic E-state index is 2.80. The van der Waals surface area contributed by atoms with E-state index in [1.165, 1.54) is 5.56 Å². The average molecular weight is 425 g/mol. The molecule has 0 aliphatic heterocycles. The maximum Gasteiger partial charge on any atom is 0.0679 e. The van der Waals surface area contributed by atoms with Crippen molar-refractivity contribution >= 4 is 41.7 Å². The Balaban J connectivity index is 4.08. The van der Waals surface area contributed by atoms with Gasteiger partial charge in [-0.05, 0) is 20.8 Å². The minimum absolute atomic E-state index is 1.26. The number of hydrogen-bond donors (Lipinski definition) is 0. The van der Waals surface area contributed by atoms with Crippen LogP contribution >= 0.6 is 0 Å². The Hall–Kier alpha value is 0.304. The predicted octanol–water partition coefficient (Wildman–Crippen LogP) is 6.30. The first-order valence-corrected chi connectivity index (χ1v) is 29.4. The SMILES string of the molecule is Cc1cc(C)c([Si](C)(C)[Si]([Si](C)(C)C)([Si](C)(C)C)[Si](C)(C)C)c(C)c1. The van der Waals surface area contributed by atoms with Gasteiger partial charge in [0.25, 0.3) is 0 Å². The lowest BCUT2D eigenvalue weighted by Gasteiger charge is -2.65. The lowest BCUT2D eigenvalue weighted by molar-refractivity contribution is 1.35. The zero-order valence-corrected chi connectivity index (χ0v) is 24.7. The molecule has 0 aromatic heterocycles. The fraction of sp³-hybridized carbons (Fsp3) is 0.700.